The molecule has 98 valence electrons. The fourth-order valence-electron chi connectivity index (χ4n) is 2.48. The predicted octanol–water partition coefficient (Wildman–Crippen LogP) is 2.06. The van der Waals surface area contributed by atoms with E-state index in [-0.39, 0.29) is 17.3 Å². The van der Waals surface area contributed by atoms with Gasteiger partial charge in [-0.05, 0) is 43.5 Å². The van der Waals surface area contributed by atoms with Crippen molar-refractivity contribution < 1.29 is 14.3 Å². The van der Waals surface area contributed by atoms with Crippen LogP contribution in [0, 0.1) is 11.7 Å². The van der Waals surface area contributed by atoms with Crippen LogP contribution >= 0.6 is 0 Å². The highest BCUT2D eigenvalue weighted by Crippen LogP contribution is 2.29. The molecule has 0 spiro atoms. The molecule has 5 heteroatoms. The van der Waals surface area contributed by atoms with Crippen molar-refractivity contribution in [3.8, 4) is 0 Å². The van der Waals surface area contributed by atoms with Crippen LogP contribution in [-0.2, 0) is 0 Å². The monoisotopic (exact) mass is 252 g/mol. The van der Waals surface area contributed by atoms with Crippen LogP contribution in [0.15, 0.2) is 18.2 Å². The van der Waals surface area contributed by atoms with Crippen LogP contribution in [0.25, 0.3) is 0 Å². The quantitative estimate of drug-likeness (QED) is 0.766. The molecule has 0 bridgehead atoms. The normalized spacial score (nSPS) is 23.0. The van der Waals surface area contributed by atoms with E-state index in [4.69, 9.17) is 10.8 Å². The summed E-state index contributed by atoms with van der Waals surface area (Å²) in [4.78, 5) is 10.9. The maximum Gasteiger partial charge on any atom is 0.335 e. The molecular formula is C13H17FN2O2. The third-order valence-electron chi connectivity index (χ3n) is 3.52. The second kappa shape index (κ2) is 5.35. The summed E-state index contributed by atoms with van der Waals surface area (Å²) in [5, 5.41) is 12.0. The Labute approximate surface area is 105 Å². The number of nitrogens with two attached hydrogens (primary N) is 1. The average Bonchev–Trinajstić information content (AvgIpc) is 2.79. The Morgan fingerprint density at radius 1 is 1.50 bits per heavy atom. The van der Waals surface area contributed by atoms with Gasteiger partial charge in [-0.3, -0.25) is 0 Å². The summed E-state index contributed by atoms with van der Waals surface area (Å²) in [5.74, 6) is -1.15. The first-order valence-electron chi connectivity index (χ1n) is 6.11. The number of hydrogen-bond acceptors (Lipinski definition) is 3. The topological polar surface area (TPSA) is 75.3 Å². The molecule has 1 aromatic carbocycles. The number of carbonyl (C=O) groups is 1. The van der Waals surface area contributed by atoms with Crippen molar-refractivity contribution in [3.05, 3.63) is 29.6 Å². The first-order chi connectivity index (χ1) is 8.61. The number of carboxylic acid groups (broad SMARTS) is 1. The predicted molar refractivity (Wildman–Crippen MR) is 67.2 cm³/mol. The number of carboxylic acids is 1. The van der Waals surface area contributed by atoms with Crippen LogP contribution < -0.4 is 11.1 Å². The van der Waals surface area contributed by atoms with Crippen LogP contribution in [0.3, 0.4) is 0 Å². The second-order valence-electron chi connectivity index (χ2n) is 4.68. The van der Waals surface area contributed by atoms with Crippen molar-refractivity contribution in [1.29, 1.82) is 0 Å². The fourth-order valence-corrected chi connectivity index (χ4v) is 2.48. The average molecular weight is 252 g/mol. The summed E-state index contributed by atoms with van der Waals surface area (Å²) < 4.78 is 13.6. The molecular weight excluding hydrogens is 235 g/mol. The second-order valence-corrected chi connectivity index (χ2v) is 4.68. The summed E-state index contributed by atoms with van der Waals surface area (Å²) in [6.07, 6.45) is 3.05. The van der Waals surface area contributed by atoms with Gasteiger partial charge in [0.1, 0.15) is 5.82 Å². The first kappa shape index (κ1) is 12.8. The molecule has 1 aliphatic rings. The standard InChI is InChI=1S/C13H17FN2O2/c14-10-5-4-8(13(17)18)6-12(10)16-11-3-1-2-9(11)7-15/h4-6,9,11,16H,1-3,7,15H2,(H,17,18). The van der Waals surface area contributed by atoms with E-state index in [1.807, 2.05) is 0 Å². The molecule has 0 aliphatic heterocycles. The van der Waals surface area contributed by atoms with Gasteiger partial charge in [-0.25, -0.2) is 9.18 Å². The fraction of sp³-hybridized carbons (Fsp3) is 0.462. The van der Waals surface area contributed by atoms with E-state index < -0.39 is 11.8 Å². The molecule has 4 N–H and O–H groups in total. The van der Waals surface area contributed by atoms with Gasteiger partial charge in [-0.15, -0.1) is 0 Å². The summed E-state index contributed by atoms with van der Waals surface area (Å²) in [7, 11) is 0. The van der Waals surface area contributed by atoms with Gasteiger partial charge in [-0.2, -0.15) is 0 Å². The lowest BCUT2D eigenvalue weighted by Crippen LogP contribution is -2.29. The van der Waals surface area contributed by atoms with E-state index in [2.05, 4.69) is 5.32 Å². The van der Waals surface area contributed by atoms with E-state index in [0.717, 1.165) is 19.3 Å². The zero-order valence-electron chi connectivity index (χ0n) is 10.0. The molecule has 4 nitrogen and oxygen atoms in total. The van der Waals surface area contributed by atoms with Crippen LogP contribution in [0.5, 0.6) is 0 Å². The maximum absolute atomic E-state index is 13.6. The molecule has 1 saturated carbocycles. The third-order valence-corrected chi connectivity index (χ3v) is 3.52. The molecule has 1 aliphatic carbocycles. The Morgan fingerprint density at radius 3 is 2.94 bits per heavy atom. The maximum atomic E-state index is 13.6. The molecule has 0 aromatic heterocycles. The van der Waals surface area contributed by atoms with Gasteiger partial charge in [0.25, 0.3) is 0 Å². The van der Waals surface area contributed by atoms with Gasteiger partial charge in [0.05, 0.1) is 11.3 Å². The molecule has 2 atom stereocenters. The first-order valence-corrected chi connectivity index (χ1v) is 6.11. The number of aromatic carboxylic acids is 1. The highest BCUT2D eigenvalue weighted by Gasteiger charge is 2.26. The van der Waals surface area contributed by atoms with Crippen molar-refractivity contribution in [2.24, 2.45) is 11.7 Å². The van der Waals surface area contributed by atoms with Gasteiger partial charge in [0.15, 0.2) is 0 Å². The number of anilines is 1. The van der Waals surface area contributed by atoms with Gasteiger partial charge in [0.2, 0.25) is 0 Å². The minimum atomic E-state index is -1.06. The Morgan fingerprint density at radius 2 is 2.28 bits per heavy atom. The lowest BCUT2D eigenvalue weighted by atomic mass is 10.0. The van der Waals surface area contributed by atoms with Crippen molar-refractivity contribution in [2.75, 3.05) is 11.9 Å². The SMILES string of the molecule is NCC1CCCC1Nc1cc(C(=O)O)ccc1F. The van der Waals surface area contributed by atoms with Gasteiger partial charge >= 0.3 is 5.97 Å². The van der Waals surface area contributed by atoms with E-state index >= 15 is 0 Å². The van der Waals surface area contributed by atoms with Gasteiger partial charge in [-0.1, -0.05) is 6.42 Å². The molecule has 1 fully saturated rings. The van der Waals surface area contributed by atoms with Crippen LogP contribution in [0.2, 0.25) is 0 Å². The van der Waals surface area contributed by atoms with Crippen LogP contribution in [0.1, 0.15) is 29.6 Å². The number of nitrogens with one attached hydrogen (secondary N) is 1. The molecule has 18 heavy (non-hydrogen) atoms. The Hall–Kier alpha value is -1.62. The summed E-state index contributed by atoms with van der Waals surface area (Å²) in [5.41, 5.74) is 6.00. The van der Waals surface area contributed by atoms with Crippen LogP contribution in [-0.4, -0.2) is 23.7 Å². The Bertz CT molecular complexity index is 451. The highest BCUT2D eigenvalue weighted by molar-refractivity contribution is 5.88. The summed E-state index contributed by atoms with van der Waals surface area (Å²) >= 11 is 0. The summed E-state index contributed by atoms with van der Waals surface area (Å²) in [6, 6.07) is 3.91. The Kier molecular flexibility index (Phi) is 3.81. The minimum Gasteiger partial charge on any atom is -0.478 e. The van der Waals surface area contributed by atoms with Gasteiger partial charge in [0, 0.05) is 6.04 Å². The molecule has 1 aromatic rings. The van der Waals surface area contributed by atoms with E-state index in [1.54, 1.807) is 0 Å². The molecule has 0 radical (unpaired) electrons. The van der Waals surface area contributed by atoms with E-state index in [1.165, 1.54) is 18.2 Å². The molecule has 0 saturated heterocycles. The smallest absolute Gasteiger partial charge is 0.335 e. The Balaban J connectivity index is 2.17. The van der Waals surface area contributed by atoms with Crippen molar-refractivity contribution in [1.82, 2.24) is 0 Å². The zero-order valence-corrected chi connectivity index (χ0v) is 10.0. The molecule has 0 amide bonds. The van der Waals surface area contributed by atoms with Crippen molar-refractivity contribution >= 4 is 11.7 Å². The van der Waals surface area contributed by atoms with E-state index in [0.29, 0.717) is 12.5 Å². The van der Waals surface area contributed by atoms with Crippen LogP contribution in [0.4, 0.5) is 10.1 Å². The number of hydrogen-bond donors (Lipinski definition) is 3. The molecule has 0 heterocycles. The molecule has 2 unspecified atom stereocenters. The lowest BCUT2D eigenvalue weighted by molar-refractivity contribution is 0.0697. The highest BCUT2D eigenvalue weighted by atomic mass is 19.1. The largest absolute Gasteiger partial charge is 0.478 e. The number of rotatable bonds is 4. The minimum absolute atomic E-state index is 0.0844. The third kappa shape index (κ3) is 2.61. The van der Waals surface area contributed by atoms with Crippen molar-refractivity contribution in [3.63, 3.8) is 0 Å². The molecule has 2 rings (SSSR count). The number of halogens is 1. The van der Waals surface area contributed by atoms with Gasteiger partial charge < -0.3 is 16.2 Å². The lowest BCUT2D eigenvalue weighted by Gasteiger charge is -2.21. The number of benzene rings is 1. The van der Waals surface area contributed by atoms with Crippen molar-refractivity contribution in [2.45, 2.75) is 25.3 Å². The summed E-state index contributed by atoms with van der Waals surface area (Å²) in [6.45, 7) is 0.567. The van der Waals surface area contributed by atoms with E-state index in [9.17, 15) is 9.18 Å². The zero-order chi connectivity index (χ0) is 13.1.